The van der Waals surface area contributed by atoms with Crippen LogP contribution in [0.1, 0.15) is 25.0 Å². The predicted molar refractivity (Wildman–Crippen MR) is 125 cm³/mol. The molecule has 0 fully saturated rings. The van der Waals surface area contributed by atoms with Crippen molar-refractivity contribution in [2.75, 3.05) is 30.4 Å². The molecule has 2 aromatic carbocycles. The molecule has 178 valence electrons. The number of likely N-dealkylation sites (N-methyl/N-ethyl adjacent to an activating group) is 1. The van der Waals surface area contributed by atoms with E-state index in [-0.39, 0.29) is 24.9 Å². The van der Waals surface area contributed by atoms with Crippen molar-refractivity contribution in [3.05, 3.63) is 53.6 Å². The second kappa shape index (κ2) is 10.1. The maximum absolute atomic E-state index is 13.4. The largest absolute Gasteiger partial charge is 0.454 e. The van der Waals surface area contributed by atoms with Crippen LogP contribution in [0.15, 0.2) is 42.5 Å². The second-order valence-corrected chi connectivity index (χ2v) is 9.79. The summed E-state index contributed by atoms with van der Waals surface area (Å²) in [5.41, 5.74) is 2.18. The quantitative estimate of drug-likeness (QED) is 0.595. The fourth-order valence-electron chi connectivity index (χ4n) is 3.45. The summed E-state index contributed by atoms with van der Waals surface area (Å²) in [5.74, 6) is 0.0922. The molecule has 9 nitrogen and oxygen atoms in total. The molecular weight excluding hydrogens is 446 g/mol. The number of aryl methyl sites for hydroxylation is 1. The van der Waals surface area contributed by atoms with Crippen LogP contribution in [0.5, 0.6) is 11.5 Å². The first-order valence-corrected chi connectivity index (χ1v) is 12.4. The number of anilines is 1. The number of benzene rings is 2. The molecule has 0 aromatic heterocycles. The highest BCUT2D eigenvalue weighted by Gasteiger charge is 2.30. The lowest BCUT2D eigenvalue weighted by molar-refractivity contribution is -0.139. The zero-order valence-corrected chi connectivity index (χ0v) is 20.0. The van der Waals surface area contributed by atoms with E-state index in [0.717, 1.165) is 21.7 Å². The molecule has 1 aliphatic heterocycles. The van der Waals surface area contributed by atoms with Crippen molar-refractivity contribution in [1.82, 2.24) is 10.2 Å². The molecule has 1 N–H and O–H groups in total. The van der Waals surface area contributed by atoms with Gasteiger partial charge in [0.2, 0.25) is 28.6 Å². The Morgan fingerprint density at radius 2 is 1.76 bits per heavy atom. The summed E-state index contributed by atoms with van der Waals surface area (Å²) in [6.45, 7) is 5.54. The lowest BCUT2D eigenvalue weighted by Gasteiger charge is -2.31. The monoisotopic (exact) mass is 475 g/mol. The zero-order valence-electron chi connectivity index (χ0n) is 19.2. The van der Waals surface area contributed by atoms with Gasteiger partial charge in [-0.3, -0.25) is 13.9 Å². The van der Waals surface area contributed by atoms with Crippen LogP contribution in [-0.2, 0) is 26.2 Å². The van der Waals surface area contributed by atoms with Gasteiger partial charge in [0.1, 0.15) is 12.6 Å². The van der Waals surface area contributed by atoms with Crippen LogP contribution in [0.2, 0.25) is 0 Å². The summed E-state index contributed by atoms with van der Waals surface area (Å²) in [6.07, 6.45) is 1.03. The predicted octanol–water partition coefficient (Wildman–Crippen LogP) is 2.04. The van der Waals surface area contributed by atoms with Gasteiger partial charge in [-0.2, -0.15) is 0 Å². The van der Waals surface area contributed by atoms with Gasteiger partial charge in [0, 0.05) is 19.2 Å². The van der Waals surface area contributed by atoms with Crippen LogP contribution in [0.3, 0.4) is 0 Å². The van der Waals surface area contributed by atoms with E-state index >= 15 is 0 Å². The fourth-order valence-corrected chi connectivity index (χ4v) is 4.29. The lowest BCUT2D eigenvalue weighted by atomic mass is 10.1. The van der Waals surface area contributed by atoms with Crippen LogP contribution < -0.4 is 19.1 Å². The number of hydrogen-bond acceptors (Lipinski definition) is 6. The molecule has 1 atom stereocenters. The van der Waals surface area contributed by atoms with Crippen molar-refractivity contribution in [1.29, 1.82) is 0 Å². The molecule has 0 bridgehead atoms. The molecule has 1 heterocycles. The van der Waals surface area contributed by atoms with Crippen molar-refractivity contribution < 1.29 is 27.5 Å². The highest BCUT2D eigenvalue weighted by Crippen LogP contribution is 2.36. The number of carbonyl (C=O) groups excluding carboxylic acids is 2. The SMILES string of the molecule is CCNC(=O)C(C)N(Cc1ccc(C)cc1)C(=O)CN(c1ccc2c(c1)OCO2)S(C)(=O)=O. The number of sulfonamides is 1. The van der Waals surface area contributed by atoms with E-state index in [1.807, 2.05) is 31.2 Å². The van der Waals surface area contributed by atoms with Crippen LogP contribution in [0.25, 0.3) is 0 Å². The second-order valence-electron chi connectivity index (χ2n) is 7.88. The number of hydrogen-bond donors (Lipinski definition) is 1. The number of carbonyl (C=O) groups is 2. The van der Waals surface area contributed by atoms with Crippen LogP contribution in [-0.4, -0.2) is 57.3 Å². The fraction of sp³-hybridized carbons (Fsp3) is 0.391. The molecule has 3 rings (SSSR count). The number of nitrogens with zero attached hydrogens (tertiary/aromatic N) is 2. The van der Waals surface area contributed by atoms with E-state index in [9.17, 15) is 18.0 Å². The van der Waals surface area contributed by atoms with E-state index < -0.39 is 28.5 Å². The Bertz CT molecular complexity index is 1120. The van der Waals surface area contributed by atoms with Crippen LogP contribution in [0, 0.1) is 6.92 Å². The number of fused-ring (bicyclic) bond motifs is 1. The Labute approximate surface area is 194 Å². The zero-order chi connectivity index (χ0) is 24.2. The number of amides is 2. The normalized spacial score (nSPS) is 13.3. The van der Waals surface area contributed by atoms with E-state index in [0.29, 0.717) is 18.0 Å². The molecule has 1 aliphatic rings. The number of ether oxygens (including phenoxy) is 2. The molecule has 0 saturated heterocycles. The van der Waals surface area contributed by atoms with E-state index in [1.54, 1.807) is 26.0 Å². The Morgan fingerprint density at radius 1 is 1.09 bits per heavy atom. The van der Waals surface area contributed by atoms with E-state index in [4.69, 9.17) is 9.47 Å². The van der Waals surface area contributed by atoms with Crippen LogP contribution >= 0.6 is 0 Å². The Balaban J connectivity index is 1.90. The van der Waals surface area contributed by atoms with Gasteiger partial charge >= 0.3 is 0 Å². The third-order valence-electron chi connectivity index (χ3n) is 5.32. The Kier molecular flexibility index (Phi) is 7.47. The average molecular weight is 476 g/mol. The van der Waals surface area contributed by atoms with Gasteiger partial charge in [-0.25, -0.2) is 8.42 Å². The molecule has 0 spiro atoms. The number of rotatable bonds is 9. The molecule has 33 heavy (non-hydrogen) atoms. The van der Waals surface area contributed by atoms with Crippen molar-refractivity contribution in [2.24, 2.45) is 0 Å². The van der Waals surface area contributed by atoms with E-state index in [1.165, 1.54) is 11.0 Å². The summed E-state index contributed by atoms with van der Waals surface area (Å²) < 4.78 is 36.8. The number of nitrogens with one attached hydrogen (secondary N) is 1. The standard InChI is InChI=1S/C23H29N3O6S/c1-5-24-23(28)17(3)25(13-18-8-6-16(2)7-9-18)22(27)14-26(33(4,29)30)19-10-11-20-21(12-19)32-15-31-20/h6-12,17H,5,13-15H2,1-4H3,(H,24,28). The minimum atomic E-state index is -3.81. The smallest absolute Gasteiger partial charge is 0.244 e. The average Bonchev–Trinajstić information content (AvgIpc) is 3.23. The minimum absolute atomic E-state index is 0.0466. The summed E-state index contributed by atoms with van der Waals surface area (Å²) >= 11 is 0. The van der Waals surface area contributed by atoms with Gasteiger partial charge in [-0.15, -0.1) is 0 Å². The molecule has 0 radical (unpaired) electrons. The van der Waals surface area contributed by atoms with Crippen molar-refractivity contribution in [3.8, 4) is 11.5 Å². The van der Waals surface area contributed by atoms with Gasteiger partial charge < -0.3 is 19.7 Å². The van der Waals surface area contributed by atoms with Gasteiger partial charge in [0.25, 0.3) is 0 Å². The molecule has 10 heteroatoms. The Hall–Kier alpha value is -3.27. The molecular formula is C23H29N3O6S. The van der Waals surface area contributed by atoms with Gasteiger partial charge in [-0.1, -0.05) is 29.8 Å². The summed E-state index contributed by atoms with van der Waals surface area (Å²) in [6, 6.07) is 11.5. The maximum atomic E-state index is 13.4. The van der Waals surface area contributed by atoms with Crippen molar-refractivity contribution >= 4 is 27.5 Å². The summed E-state index contributed by atoms with van der Waals surface area (Å²) in [5, 5.41) is 2.72. The van der Waals surface area contributed by atoms with E-state index in [2.05, 4.69) is 5.32 Å². The maximum Gasteiger partial charge on any atom is 0.244 e. The lowest BCUT2D eigenvalue weighted by Crippen LogP contribution is -2.51. The molecule has 0 saturated carbocycles. The topological polar surface area (TPSA) is 105 Å². The molecule has 0 aliphatic carbocycles. The van der Waals surface area contributed by atoms with Crippen LogP contribution in [0.4, 0.5) is 5.69 Å². The highest BCUT2D eigenvalue weighted by molar-refractivity contribution is 7.92. The third-order valence-corrected chi connectivity index (χ3v) is 6.46. The summed E-state index contributed by atoms with van der Waals surface area (Å²) in [4.78, 5) is 27.3. The van der Waals surface area contributed by atoms with Crippen molar-refractivity contribution in [3.63, 3.8) is 0 Å². The van der Waals surface area contributed by atoms with Gasteiger partial charge in [-0.05, 0) is 38.5 Å². The van der Waals surface area contributed by atoms with Crippen molar-refractivity contribution in [2.45, 2.75) is 33.4 Å². The molecule has 2 aromatic rings. The first kappa shape index (κ1) is 24.4. The highest BCUT2D eigenvalue weighted by atomic mass is 32.2. The minimum Gasteiger partial charge on any atom is -0.454 e. The first-order valence-electron chi connectivity index (χ1n) is 10.6. The molecule has 1 unspecified atom stereocenters. The first-order chi connectivity index (χ1) is 15.6. The summed E-state index contributed by atoms with van der Waals surface area (Å²) in [7, 11) is -3.81. The molecule has 2 amide bonds. The van der Waals surface area contributed by atoms with Gasteiger partial charge in [0.15, 0.2) is 11.5 Å². The van der Waals surface area contributed by atoms with Gasteiger partial charge in [0.05, 0.1) is 11.9 Å². The Morgan fingerprint density at radius 3 is 2.39 bits per heavy atom. The third kappa shape index (κ3) is 5.95.